The fourth-order valence-electron chi connectivity index (χ4n) is 0.906. The summed E-state index contributed by atoms with van der Waals surface area (Å²) in [5.41, 5.74) is 5.89. The van der Waals surface area contributed by atoms with Gasteiger partial charge in [0.25, 0.3) is 0 Å². The van der Waals surface area contributed by atoms with Crippen LogP contribution in [0.15, 0.2) is 30.8 Å². The van der Waals surface area contributed by atoms with E-state index in [1.807, 2.05) is 12.1 Å². The Hall–Kier alpha value is -1.61. The van der Waals surface area contributed by atoms with Crippen molar-refractivity contribution in [1.82, 2.24) is 0 Å². The van der Waals surface area contributed by atoms with Crippen molar-refractivity contribution >= 4 is 12.0 Å². The first-order valence-corrected chi connectivity index (χ1v) is 3.90. The average molecular weight is 177 g/mol. The molecule has 0 atom stereocenters. The first-order valence-electron chi connectivity index (χ1n) is 3.90. The predicted octanol–water partition coefficient (Wildman–Crippen LogP) is 1.19. The van der Waals surface area contributed by atoms with Crippen LogP contribution in [0.2, 0.25) is 0 Å². The van der Waals surface area contributed by atoms with E-state index in [1.165, 1.54) is 0 Å². The lowest BCUT2D eigenvalue weighted by molar-refractivity contribution is -0.132. The Morgan fingerprint density at radius 3 is 2.85 bits per heavy atom. The second-order valence-electron chi connectivity index (χ2n) is 2.42. The standard InChI is InChI=1S/C10H11NO2/c1-2-8-5-3-4-6-9(8)13-10(12)7-11/h2-6H,1,7,11H2. The molecule has 3 nitrogen and oxygen atoms in total. The zero-order chi connectivity index (χ0) is 9.68. The molecule has 0 aliphatic carbocycles. The Bertz CT molecular complexity index is 320. The average Bonchev–Trinajstić information content (AvgIpc) is 2.18. The van der Waals surface area contributed by atoms with E-state index in [-0.39, 0.29) is 6.54 Å². The van der Waals surface area contributed by atoms with E-state index in [2.05, 4.69) is 6.58 Å². The zero-order valence-corrected chi connectivity index (χ0v) is 7.19. The van der Waals surface area contributed by atoms with E-state index in [0.29, 0.717) is 5.75 Å². The van der Waals surface area contributed by atoms with Gasteiger partial charge < -0.3 is 10.5 Å². The molecule has 13 heavy (non-hydrogen) atoms. The Morgan fingerprint density at radius 1 is 1.54 bits per heavy atom. The summed E-state index contributed by atoms with van der Waals surface area (Å²) in [6, 6.07) is 7.14. The molecule has 0 bridgehead atoms. The zero-order valence-electron chi connectivity index (χ0n) is 7.19. The Balaban J connectivity index is 2.87. The first-order chi connectivity index (χ1) is 6.27. The summed E-state index contributed by atoms with van der Waals surface area (Å²) >= 11 is 0. The van der Waals surface area contributed by atoms with E-state index in [0.717, 1.165) is 5.56 Å². The van der Waals surface area contributed by atoms with Crippen molar-refractivity contribution in [3.05, 3.63) is 36.4 Å². The molecule has 1 aromatic rings. The Morgan fingerprint density at radius 2 is 2.23 bits per heavy atom. The molecule has 1 aromatic carbocycles. The molecule has 2 N–H and O–H groups in total. The van der Waals surface area contributed by atoms with E-state index in [4.69, 9.17) is 10.5 Å². The van der Waals surface area contributed by atoms with Crippen molar-refractivity contribution in [2.45, 2.75) is 0 Å². The third kappa shape index (κ3) is 2.42. The molecular formula is C10H11NO2. The van der Waals surface area contributed by atoms with Gasteiger partial charge in [0.05, 0.1) is 6.54 Å². The van der Waals surface area contributed by atoms with Crippen molar-refractivity contribution in [3.8, 4) is 5.75 Å². The number of ether oxygens (including phenoxy) is 1. The maximum atomic E-state index is 10.9. The van der Waals surface area contributed by atoms with Gasteiger partial charge in [-0.05, 0) is 6.07 Å². The van der Waals surface area contributed by atoms with Gasteiger partial charge in [-0.2, -0.15) is 0 Å². The monoisotopic (exact) mass is 177 g/mol. The van der Waals surface area contributed by atoms with E-state index in [9.17, 15) is 4.79 Å². The molecule has 0 amide bonds. The number of nitrogens with two attached hydrogens (primary N) is 1. The van der Waals surface area contributed by atoms with Crippen LogP contribution < -0.4 is 10.5 Å². The highest BCUT2D eigenvalue weighted by molar-refractivity contribution is 5.75. The van der Waals surface area contributed by atoms with Gasteiger partial charge in [0, 0.05) is 5.56 Å². The normalized spacial score (nSPS) is 9.31. The smallest absolute Gasteiger partial charge is 0.325 e. The van der Waals surface area contributed by atoms with Crippen molar-refractivity contribution < 1.29 is 9.53 Å². The van der Waals surface area contributed by atoms with Crippen LogP contribution in [0, 0.1) is 0 Å². The number of carbonyl (C=O) groups is 1. The Labute approximate surface area is 76.8 Å². The molecule has 0 aliphatic heterocycles. The summed E-state index contributed by atoms with van der Waals surface area (Å²) in [6.45, 7) is 3.48. The third-order valence-electron chi connectivity index (χ3n) is 1.53. The van der Waals surface area contributed by atoms with Gasteiger partial charge in [-0.1, -0.05) is 30.9 Å². The van der Waals surface area contributed by atoms with Gasteiger partial charge in [0.15, 0.2) is 0 Å². The lowest BCUT2D eigenvalue weighted by Crippen LogP contribution is -2.19. The van der Waals surface area contributed by atoms with Crippen LogP contribution in [-0.4, -0.2) is 12.5 Å². The minimum Gasteiger partial charge on any atom is -0.425 e. The van der Waals surface area contributed by atoms with Crippen molar-refractivity contribution in [2.24, 2.45) is 5.73 Å². The second kappa shape index (κ2) is 4.42. The SMILES string of the molecule is C=Cc1ccccc1OC(=O)CN. The lowest BCUT2D eigenvalue weighted by Gasteiger charge is -2.05. The molecule has 0 saturated carbocycles. The molecular weight excluding hydrogens is 166 g/mol. The quantitative estimate of drug-likeness (QED) is 0.557. The molecule has 0 spiro atoms. The van der Waals surface area contributed by atoms with Crippen LogP contribution in [0.4, 0.5) is 0 Å². The van der Waals surface area contributed by atoms with Gasteiger partial charge in [-0.25, -0.2) is 0 Å². The molecule has 0 unspecified atom stereocenters. The first kappa shape index (κ1) is 9.48. The van der Waals surface area contributed by atoms with Gasteiger partial charge in [-0.3, -0.25) is 4.79 Å². The fraction of sp³-hybridized carbons (Fsp3) is 0.100. The summed E-state index contributed by atoms with van der Waals surface area (Å²) < 4.78 is 4.95. The molecule has 1 rings (SSSR count). The number of benzene rings is 1. The van der Waals surface area contributed by atoms with Crippen LogP contribution in [-0.2, 0) is 4.79 Å². The number of hydrogen-bond donors (Lipinski definition) is 1. The molecule has 0 saturated heterocycles. The molecule has 3 heteroatoms. The third-order valence-corrected chi connectivity index (χ3v) is 1.53. The van der Waals surface area contributed by atoms with Gasteiger partial charge in [-0.15, -0.1) is 0 Å². The number of carbonyl (C=O) groups excluding carboxylic acids is 1. The largest absolute Gasteiger partial charge is 0.425 e. The van der Waals surface area contributed by atoms with Crippen LogP contribution in [0.3, 0.4) is 0 Å². The molecule has 68 valence electrons. The maximum Gasteiger partial charge on any atom is 0.325 e. The summed E-state index contributed by atoms with van der Waals surface area (Å²) in [5, 5.41) is 0. The Kier molecular flexibility index (Phi) is 3.23. The fourth-order valence-corrected chi connectivity index (χ4v) is 0.906. The number of para-hydroxylation sites is 1. The topological polar surface area (TPSA) is 52.3 Å². The molecule has 0 radical (unpaired) electrons. The summed E-state index contributed by atoms with van der Waals surface area (Å²) in [7, 11) is 0. The second-order valence-corrected chi connectivity index (χ2v) is 2.42. The van der Waals surface area contributed by atoms with Crippen LogP contribution >= 0.6 is 0 Å². The van der Waals surface area contributed by atoms with Crippen LogP contribution in [0.5, 0.6) is 5.75 Å². The van der Waals surface area contributed by atoms with Crippen LogP contribution in [0.25, 0.3) is 6.08 Å². The highest BCUT2D eigenvalue weighted by Gasteiger charge is 2.03. The van der Waals surface area contributed by atoms with Crippen molar-refractivity contribution in [1.29, 1.82) is 0 Å². The molecule has 0 heterocycles. The van der Waals surface area contributed by atoms with E-state index < -0.39 is 5.97 Å². The molecule has 0 fully saturated rings. The minimum atomic E-state index is -0.450. The molecule has 0 aliphatic rings. The minimum absolute atomic E-state index is 0.120. The summed E-state index contributed by atoms with van der Waals surface area (Å²) in [6.07, 6.45) is 1.62. The highest BCUT2D eigenvalue weighted by atomic mass is 16.5. The summed E-state index contributed by atoms with van der Waals surface area (Å²) in [4.78, 5) is 10.9. The van der Waals surface area contributed by atoms with E-state index in [1.54, 1.807) is 18.2 Å². The lowest BCUT2D eigenvalue weighted by atomic mass is 10.2. The van der Waals surface area contributed by atoms with E-state index >= 15 is 0 Å². The summed E-state index contributed by atoms with van der Waals surface area (Å²) in [5.74, 6) is 0.0438. The number of rotatable bonds is 3. The van der Waals surface area contributed by atoms with Crippen molar-refractivity contribution in [3.63, 3.8) is 0 Å². The van der Waals surface area contributed by atoms with Crippen LogP contribution in [0.1, 0.15) is 5.56 Å². The maximum absolute atomic E-state index is 10.9. The van der Waals surface area contributed by atoms with Gasteiger partial charge >= 0.3 is 5.97 Å². The highest BCUT2D eigenvalue weighted by Crippen LogP contribution is 2.18. The molecule has 0 aromatic heterocycles. The van der Waals surface area contributed by atoms with Crippen molar-refractivity contribution in [2.75, 3.05) is 6.54 Å². The number of hydrogen-bond acceptors (Lipinski definition) is 3. The van der Waals surface area contributed by atoms with Gasteiger partial charge in [0.1, 0.15) is 5.75 Å². The van der Waals surface area contributed by atoms with Gasteiger partial charge in [0.2, 0.25) is 0 Å². The number of esters is 1. The predicted molar refractivity (Wildman–Crippen MR) is 51.2 cm³/mol.